The van der Waals surface area contributed by atoms with E-state index in [-0.39, 0.29) is 36.8 Å². The molecule has 2 aromatic carbocycles. The Hall–Kier alpha value is -3.46. The lowest BCUT2D eigenvalue weighted by molar-refractivity contribution is -0.154. The van der Waals surface area contributed by atoms with Gasteiger partial charge in [-0.3, -0.25) is 14.4 Å². The van der Waals surface area contributed by atoms with Gasteiger partial charge in [-0.2, -0.15) is 0 Å². The van der Waals surface area contributed by atoms with Crippen LogP contribution >= 0.6 is 11.6 Å². The van der Waals surface area contributed by atoms with E-state index in [0.29, 0.717) is 36.6 Å². The normalized spacial score (nSPS) is 30.6. The number of aliphatic hydroxyl groups is 1. The SMILES string of the molecule is CC[C@H](C)[C@H](CO)N1C(=O)[C@@H]2[C@@H]3C(=O)N(Cc4ccccc4)CC=C[C@]3(CC)O[C@@]23C=CCN(c2c(C)cccc2Cl)C(=O)C13. The van der Waals surface area contributed by atoms with Crippen LogP contribution in [-0.2, 0) is 25.7 Å². The first kappa shape index (κ1) is 31.5. The third kappa shape index (κ3) is 4.84. The maximum atomic E-state index is 15.0. The summed E-state index contributed by atoms with van der Waals surface area (Å²) in [5, 5.41) is 11.2. The van der Waals surface area contributed by atoms with Crippen molar-refractivity contribution < 1.29 is 24.2 Å². The maximum Gasteiger partial charge on any atom is 0.253 e. The highest BCUT2D eigenvalue weighted by molar-refractivity contribution is 6.34. The Morgan fingerprint density at radius 3 is 2.36 bits per heavy atom. The summed E-state index contributed by atoms with van der Waals surface area (Å²) in [6, 6.07) is 13.5. The molecule has 4 aliphatic rings. The lowest BCUT2D eigenvalue weighted by atomic mass is 9.73. The van der Waals surface area contributed by atoms with Crippen LogP contribution in [0, 0.1) is 24.7 Å². The van der Waals surface area contributed by atoms with Crippen molar-refractivity contribution in [1.29, 1.82) is 0 Å². The molecule has 0 aromatic heterocycles. The zero-order chi connectivity index (χ0) is 32.1. The second-order valence-electron chi connectivity index (χ2n) is 12.9. The molecule has 6 rings (SSSR count). The van der Waals surface area contributed by atoms with Crippen LogP contribution in [0.2, 0.25) is 5.02 Å². The van der Waals surface area contributed by atoms with Crippen molar-refractivity contribution in [3.05, 3.63) is 89.0 Å². The number of benzene rings is 2. The Kier molecular flexibility index (Phi) is 8.44. The quantitative estimate of drug-likeness (QED) is 0.418. The second kappa shape index (κ2) is 12.0. The maximum absolute atomic E-state index is 15.0. The molecule has 2 fully saturated rings. The van der Waals surface area contributed by atoms with E-state index in [0.717, 1.165) is 11.1 Å². The van der Waals surface area contributed by atoms with Crippen LogP contribution in [0.25, 0.3) is 0 Å². The summed E-state index contributed by atoms with van der Waals surface area (Å²) in [5.41, 5.74) is -0.117. The van der Waals surface area contributed by atoms with Crippen molar-refractivity contribution in [3.8, 4) is 0 Å². The number of aryl methyl sites for hydroxylation is 1. The fourth-order valence-electron chi connectivity index (χ4n) is 8.03. The van der Waals surface area contributed by atoms with Crippen LogP contribution in [-0.4, -0.2) is 75.6 Å². The van der Waals surface area contributed by atoms with Gasteiger partial charge >= 0.3 is 0 Å². The number of anilines is 1. The molecule has 9 heteroatoms. The Bertz CT molecular complexity index is 1520. The standard InChI is InChI=1S/C36H42ClN3O5/c1-5-23(3)27(22-41)40-31-34(44)39(30-24(4)13-10-16-26(30)37)20-12-18-36(31)29(33(40)43)28-32(42)38(21-25-14-8-7-9-15-25)19-11-17-35(28,6-2)45-36/h7-18,23,27-29,31,41H,5-6,19-22H2,1-4H3/t23-,27-,28+,29-,31?,35-,36-/m0/s1. The van der Waals surface area contributed by atoms with E-state index in [1.54, 1.807) is 20.8 Å². The van der Waals surface area contributed by atoms with Gasteiger partial charge in [-0.1, -0.05) is 106 Å². The molecule has 4 heterocycles. The number of halogens is 1. The van der Waals surface area contributed by atoms with Gasteiger partial charge in [0.2, 0.25) is 11.8 Å². The van der Waals surface area contributed by atoms with Crippen LogP contribution in [0.4, 0.5) is 5.69 Å². The van der Waals surface area contributed by atoms with Crippen LogP contribution in [0.3, 0.4) is 0 Å². The van der Waals surface area contributed by atoms with E-state index in [1.807, 2.05) is 94.5 Å². The van der Waals surface area contributed by atoms with Gasteiger partial charge in [-0.05, 0) is 36.5 Å². The van der Waals surface area contributed by atoms with E-state index in [4.69, 9.17) is 16.3 Å². The van der Waals surface area contributed by atoms with Gasteiger partial charge in [0.15, 0.2) is 0 Å². The summed E-state index contributed by atoms with van der Waals surface area (Å²) in [5.74, 6) is -2.77. The minimum absolute atomic E-state index is 0.111. The van der Waals surface area contributed by atoms with Crippen molar-refractivity contribution in [2.45, 2.75) is 70.4 Å². The number of rotatable bonds is 8. The highest BCUT2D eigenvalue weighted by atomic mass is 35.5. The van der Waals surface area contributed by atoms with Crippen molar-refractivity contribution >= 4 is 35.0 Å². The molecule has 1 unspecified atom stereocenters. The average Bonchev–Trinajstić information content (AvgIpc) is 3.33. The third-order valence-electron chi connectivity index (χ3n) is 10.5. The van der Waals surface area contributed by atoms with Crippen molar-refractivity contribution in [3.63, 3.8) is 0 Å². The number of para-hydroxylation sites is 1. The molecule has 1 N–H and O–H groups in total. The first-order chi connectivity index (χ1) is 21.6. The molecule has 2 aromatic rings. The zero-order valence-corrected chi connectivity index (χ0v) is 27.1. The number of ether oxygens (including phenoxy) is 1. The summed E-state index contributed by atoms with van der Waals surface area (Å²) in [4.78, 5) is 49.6. The molecule has 3 amide bonds. The summed E-state index contributed by atoms with van der Waals surface area (Å²) in [6.07, 6.45) is 8.75. The molecule has 0 aliphatic carbocycles. The van der Waals surface area contributed by atoms with E-state index in [1.165, 1.54) is 0 Å². The number of carbonyl (C=O) groups is 3. The number of aliphatic hydroxyl groups excluding tert-OH is 1. The third-order valence-corrected chi connectivity index (χ3v) is 10.8. The smallest absolute Gasteiger partial charge is 0.253 e. The van der Waals surface area contributed by atoms with Gasteiger partial charge in [0.1, 0.15) is 11.6 Å². The predicted molar refractivity (Wildman–Crippen MR) is 173 cm³/mol. The van der Waals surface area contributed by atoms with Gasteiger partial charge in [-0.15, -0.1) is 0 Å². The van der Waals surface area contributed by atoms with Crippen molar-refractivity contribution in [2.24, 2.45) is 17.8 Å². The van der Waals surface area contributed by atoms with E-state index >= 15 is 0 Å². The monoisotopic (exact) mass is 631 g/mol. The molecule has 0 bridgehead atoms. The molecule has 0 radical (unpaired) electrons. The van der Waals surface area contributed by atoms with Crippen LogP contribution < -0.4 is 4.90 Å². The average molecular weight is 632 g/mol. The number of amides is 3. The van der Waals surface area contributed by atoms with Gasteiger partial charge < -0.3 is 24.5 Å². The first-order valence-electron chi connectivity index (χ1n) is 16.0. The molecule has 238 valence electrons. The number of likely N-dealkylation sites (tertiary alicyclic amines) is 1. The highest BCUT2D eigenvalue weighted by Crippen LogP contribution is 2.59. The van der Waals surface area contributed by atoms with Crippen LogP contribution in [0.15, 0.2) is 72.8 Å². The van der Waals surface area contributed by atoms with Crippen molar-refractivity contribution in [1.82, 2.24) is 9.80 Å². The van der Waals surface area contributed by atoms with Crippen LogP contribution in [0.5, 0.6) is 0 Å². The fraction of sp³-hybridized carbons (Fsp3) is 0.472. The topological polar surface area (TPSA) is 90.4 Å². The van der Waals surface area contributed by atoms with Gasteiger partial charge in [0.25, 0.3) is 5.91 Å². The van der Waals surface area contributed by atoms with E-state index in [2.05, 4.69) is 0 Å². The lowest BCUT2D eigenvalue weighted by Gasteiger charge is -2.42. The Morgan fingerprint density at radius 1 is 0.956 bits per heavy atom. The number of hydrogen-bond donors (Lipinski definition) is 1. The molecule has 7 atom stereocenters. The first-order valence-corrected chi connectivity index (χ1v) is 16.4. The van der Waals surface area contributed by atoms with Gasteiger partial charge in [0.05, 0.1) is 40.8 Å². The molecule has 2 saturated heterocycles. The van der Waals surface area contributed by atoms with E-state index < -0.39 is 35.1 Å². The minimum Gasteiger partial charge on any atom is -0.394 e. The number of fused-ring (bicyclic) bond motifs is 2. The molecule has 1 spiro atoms. The lowest BCUT2D eigenvalue weighted by Crippen LogP contribution is -2.60. The Labute approximate surface area is 270 Å². The molecule has 45 heavy (non-hydrogen) atoms. The van der Waals surface area contributed by atoms with Gasteiger partial charge in [0, 0.05) is 19.6 Å². The van der Waals surface area contributed by atoms with Crippen LogP contribution in [0.1, 0.15) is 44.7 Å². The molecule has 8 nitrogen and oxygen atoms in total. The molecule has 4 aliphatic heterocycles. The number of nitrogens with zero attached hydrogens (tertiary/aromatic N) is 3. The fourth-order valence-corrected chi connectivity index (χ4v) is 8.36. The summed E-state index contributed by atoms with van der Waals surface area (Å²) < 4.78 is 7.12. The Morgan fingerprint density at radius 2 is 1.69 bits per heavy atom. The highest BCUT2D eigenvalue weighted by Gasteiger charge is 2.76. The summed E-state index contributed by atoms with van der Waals surface area (Å²) in [6.45, 7) is 8.51. The Balaban J connectivity index is 1.51. The van der Waals surface area contributed by atoms with Gasteiger partial charge in [-0.25, -0.2) is 0 Å². The minimum atomic E-state index is -1.42. The van der Waals surface area contributed by atoms with E-state index in [9.17, 15) is 19.5 Å². The summed E-state index contributed by atoms with van der Waals surface area (Å²) in [7, 11) is 0. The largest absolute Gasteiger partial charge is 0.394 e. The summed E-state index contributed by atoms with van der Waals surface area (Å²) >= 11 is 6.70. The van der Waals surface area contributed by atoms with Crippen molar-refractivity contribution in [2.75, 3.05) is 24.6 Å². The number of carbonyl (C=O) groups excluding carboxylic acids is 3. The zero-order valence-electron chi connectivity index (χ0n) is 26.4. The molecular weight excluding hydrogens is 590 g/mol. The second-order valence-corrected chi connectivity index (χ2v) is 13.3. The number of hydrogen-bond acceptors (Lipinski definition) is 5. The predicted octanol–water partition coefficient (Wildman–Crippen LogP) is 4.92. The molecular formula is C36H42ClN3O5. The molecule has 0 saturated carbocycles.